The quantitative estimate of drug-likeness (QED) is 0.152. The van der Waals surface area contributed by atoms with Crippen LogP contribution < -0.4 is 14.5 Å². The van der Waals surface area contributed by atoms with Gasteiger partial charge in [0, 0.05) is 57.0 Å². The number of anilines is 2. The largest absolute Gasteiger partial charge is 0.457 e. The molecule has 0 N–H and O–H groups in total. The average molecular weight is 908 g/mol. The summed E-state index contributed by atoms with van der Waals surface area (Å²) in [5.74, 6) is 2.11. The second kappa shape index (κ2) is 17.3. The van der Waals surface area contributed by atoms with Gasteiger partial charge in [-0.2, -0.15) is 0 Å². The minimum Gasteiger partial charge on any atom is -0.457 e. The Hall–Kier alpha value is -7.37. The zero-order valence-corrected chi connectivity index (χ0v) is 41.6. The number of aromatic nitrogens is 2. The highest BCUT2D eigenvalue weighted by Crippen LogP contribution is 2.41. The fourth-order valence-electron chi connectivity index (χ4n) is 9.56. The van der Waals surface area contributed by atoms with Gasteiger partial charge in [0.05, 0.1) is 17.7 Å². The standard InChI is InChI=1S/C64H64N4O/c1-42-30-49(62(3,4)5)31-43(2)61(42)47-26-27-65-60(35-47)68-58-25-22-46(44-18-14-12-15-19-44)34-57(58)56-24-23-54(40-59(56)68)69-55-38-51(64(9,10)11)37-53(39-55)67-29-28-66(41-67)52-33-48(45-20-16-13-17-21-45)32-50(36-52)63(6,7)8/h12-40H,41H2,1-11H3/i1D3. The summed E-state index contributed by atoms with van der Waals surface area (Å²) in [6.45, 7) is 20.2. The molecule has 0 unspecified atom stereocenters. The first-order chi connectivity index (χ1) is 34.1. The fraction of sp³-hybridized carbons (Fsp3) is 0.234. The Kier molecular flexibility index (Phi) is 10.5. The van der Waals surface area contributed by atoms with Gasteiger partial charge < -0.3 is 14.5 Å². The highest BCUT2D eigenvalue weighted by Gasteiger charge is 2.25. The van der Waals surface area contributed by atoms with Crippen molar-refractivity contribution in [1.82, 2.24) is 9.55 Å². The number of benzene rings is 7. The monoisotopic (exact) mass is 908 g/mol. The van der Waals surface area contributed by atoms with Gasteiger partial charge in [-0.05, 0) is 152 Å². The van der Waals surface area contributed by atoms with E-state index in [1.54, 1.807) is 6.20 Å². The van der Waals surface area contributed by atoms with Crippen molar-refractivity contribution in [3.63, 3.8) is 0 Å². The van der Waals surface area contributed by atoms with Crippen molar-refractivity contribution < 1.29 is 8.85 Å². The van der Waals surface area contributed by atoms with Crippen LogP contribution in [0.5, 0.6) is 11.5 Å². The first-order valence-corrected chi connectivity index (χ1v) is 24.1. The molecule has 7 aromatic carbocycles. The normalized spacial score (nSPS) is 14.1. The second-order valence-electron chi connectivity index (χ2n) is 21.8. The van der Waals surface area contributed by atoms with E-state index in [1.807, 2.05) is 31.2 Å². The molecular weight excluding hydrogens is 841 g/mol. The molecule has 0 amide bonds. The molecule has 0 spiro atoms. The van der Waals surface area contributed by atoms with Gasteiger partial charge in [0.1, 0.15) is 17.3 Å². The van der Waals surface area contributed by atoms with Crippen molar-refractivity contribution in [3.8, 4) is 50.7 Å². The lowest BCUT2D eigenvalue weighted by Crippen LogP contribution is -2.25. The van der Waals surface area contributed by atoms with Crippen LogP contribution in [0, 0.1) is 13.8 Å². The Bertz CT molecular complexity index is 3530. The van der Waals surface area contributed by atoms with E-state index in [0.29, 0.717) is 29.4 Å². The molecule has 0 bridgehead atoms. The van der Waals surface area contributed by atoms with Crippen LogP contribution in [0.4, 0.5) is 11.4 Å². The number of fused-ring (bicyclic) bond motifs is 3. The lowest BCUT2D eigenvalue weighted by Gasteiger charge is -2.27. The van der Waals surface area contributed by atoms with Gasteiger partial charge in [-0.3, -0.25) is 4.57 Å². The molecule has 1 aliphatic rings. The highest BCUT2D eigenvalue weighted by molar-refractivity contribution is 6.10. The van der Waals surface area contributed by atoms with E-state index >= 15 is 0 Å². The van der Waals surface area contributed by atoms with Crippen molar-refractivity contribution in [2.75, 3.05) is 16.5 Å². The lowest BCUT2D eigenvalue weighted by atomic mass is 9.83. The smallest absolute Gasteiger partial charge is 0.138 e. The van der Waals surface area contributed by atoms with E-state index < -0.39 is 6.85 Å². The van der Waals surface area contributed by atoms with Crippen LogP contribution in [-0.4, -0.2) is 16.2 Å². The Morgan fingerprint density at radius 2 is 1.09 bits per heavy atom. The zero-order valence-electron chi connectivity index (χ0n) is 44.6. The Balaban J connectivity index is 1.06. The second-order valence-corrected chi connectivity index (χ2v) is 21.8. The summed E-state index contributed by atoms with van der Waals surface area (Å²) in [7, 11) is 0. The Morgan fingerprint density at radius 1 is 0.478 bits per heavy atom. The van der Waals surface area contributed by atoms with Crippen LogP contribution in [0.1, 0.15) is 94.2 Å². The summed E-state index contributed by atoms with van der Waals surface area (Å²) < 4.78 is 35.2. The molecule has 5 heteroatoms. The third-order valence-corrected chi connectivity index (χ3v) is 13.6. The molecule has 9 aromatic rings. The fourth-order valence-corrected chi connectivity index (χ4v) is 9.56. The SMILES string of the molecule is [2H]C([2H])([2H])c1cc(C(C)(C)C)cc(C)c1-c1ccnc(-n2c3ccc(-c4ccccc4)cc3c3ccc(Oc4cc(N5C=CN(c6cc(-c7ccccc7)cc(C(C)(C)C)c6)C5)cc(C(C)(C)C)c4)cc32)c1. The molecular formula is C64H64N4O. The van der Waals surface area contributed by atoms with Gasteiger partial charge in [-0.15, -0.1) is 0 Å². The molecule has 1 aliphatic heterocycles. The van der Waals surface area contributed by atoms with E-state index in [4.69, 9.17) is 13.8 Å². The Labute approximate surface area is 413 Å². The molecule has 5 nitrogen and oxygen atoms in total. The molecule has 0 fully saturated rings. The maximum Gasteiger partial charge on any atom is 0.138 e. The summed E-state index contributed by atoms with van der Waals surface area (Å²) in [4.78, 5) is 9.61. The first-order valence-electron chi connectivity index (χ1n) is 25.6. The number of ether oxygens (including phenoxy) is 1. The molecule has 10 rings (SSSR count). The van der Waals surface area contributed by atoms with Crippen molar-refractivity contribution in [2.24, 2.45) is 0 Å². The maximum atomic E-state index is 8.68. The summed E-state index contributed by atoms with van der Waals surface area (Å²) in [5, 5.41) is 2.12. The van der Waals surface area contributed by atoms with E-state index in [-0.39, 0.29) is 16.2 Å². The summed E-state index contributed by atoms with van der Waals surface area (Å²) >= 11 is 0. The molecule has 0 radical (unpaired) electrons. The van der Waals surface area contributed by atoms with Crippen LogP contribution >= 0.6 is 0 Å². The summed E-state index contributed by atoms with van der Waals surface area (Å²) in [5.41, 5.74) is 14.5. The molecule has 0 saturated heterocycles. The third-order valence-electron chi connectivity index (χ3n) is 13.6. The van der Waals surface area contributed by atoms with Crippen molar-refractivity contribution in [3.05, 3.63) is 204 Å². The summed E-state index contributed by atoms with van der Waals surface area (Å²) in [6.07, 6.45) is 6.12. The van der Waals surface area contributed by atoms with Crippen LogP contribution in [-0.2, 0) is 16.2 Å². The van der Waals surface area contributed by atoms with Gasteiger partial charge in [0.15, 0.2) is 0 Å². The highest BCUT2D eigenvalue weighted by atomic mass is 16.5. The number of aryl methyl sites for hydroxylation is 2. The minimum atomic E-state index is -2.32. The number of rotatable bonds is 8. The van der Waals surface area contributed by atoms with Gasteiger partial charge in [0.2, 0.25) is 0 Å². The van der Waals surface area contributed by atoms with E-state index in [2.05, 4.69) is 223 Å². The predicted molar refractivity (Wildman–Crippen MR) is 292 cm³/mol. The van der Waals surface area contributed by atoms with Gasteiger partial charge in [-0.25, -0.2) is 4.98 Å². The van der Waals surface area contributed by atoms with Gasteiger partial charge in [0.25, 0.3) is 0 Å². The van der Waals surface area contributed by atoms with Crippen LogP contribution in [0.2, 0.25) is 0 Å². The first kappa shape index (κ1) is 41.8. The average Bonchev–Trinajstić information content (AvgIpc) is 3.96. The molecule has 69 heavy (non-hydrogen) atoms. The van der Waals surface area contributed by atoms with Crippen LogP contribution in [0.15, 0.2) is 176 Å². The third kappa shape index (κ3) is 9.06. The summed E-state index contributed by atoms with van der Waals surface area (Å²) in [6, 6.07) is 55.4. The van der Waals surface area contributed by atoms with Crippen LogP contribution in [0.3, 0.4) is 0 Å². The van der Waals surface area contributed by atoms with Crippen LogP contribution in [0.25, 0.3) is 61.0 Å². The van der Waals surface area contributed by atoms with E-state index in [9.17, 15) is 0 Å². The maximum absolute atomic E-state index is 8.68. The van der Waals surface area contributed by atoms with Gasteiger partial charge in [-0.1, -0.05) is 147 Å². The topological polar surface area (TPSA) is 33.5 Å². The number of pyridine rings is 1. The van der Waals surface area contributed by atoms with E-state index in [0.717, 1.165) is 72.3 Å². The molecule has 0 atom stereocenters. The molecule has 2 aromatic heterocycles. The van der Waals surface area contributed by atoms with Crippen molar-refractivity contribution in [1.29, 1.82) is 0 Å². The van der Waals surface area contributed by atoms with Crippen molar-refractivity contribution in [2.45, 2.75) is 92.3 Å². The molecule has 3 heterocycles. The Morgan fingerprint density at radius 3 is 1.74 bits per heavy atom. The molecule has 0 saturated carbocycles. The number of hydrogen-bond acceptors (Lipinski definition) is 4. The lowest BCUT2D eigenvalue weighted by molar-refractivity contribution is 0.479. The number of nitrogens with zero attached hydrogens (tertiary/aromatic N) is 4. The molecule has 346 valence electrons. The van der Waals surface area contributed by atoms with E-state index in [1.165, 1.54) is 16.7 Å². The predicted octanol–water partition coefficient (Wildman–Crippen LogP) is 17.2. The minimum absolute atomic E-state index is 0.0254. The van der Waals surface area contributed by atoms with Gasteiger partial charge >= 0.3 is 0 Å². The van der Waals surface area contributed by atoms with Crippen molar-refractivity contribution >= 4 is 33.2 Å². The molecule has 0 aliphatic carbocycles. The zero-order chi connectivity index (χ0) is 50.9. The number of hydrogen-bond donors (Lipinski definition) is 0.